The molecule has 5 heteroatoms. The molecule has 0 bridgehead atoms. The van der Waals surface area contributed by atoms with Gasteiger partial charge in [0.15, 0.2) is 23.3 Å². The molecule has 0 saturated heterocycles. The molecular weight excluding hydrogens is 198 g/mol. The second-order valence-electron chi connectivity index (χ2n) is 2.66. The molecule has 0 N–H and O–H groups in total. The minimum Gasteiger partial charge on any atom is -0.253 e. The average Bonchev–Trinajstić information content (AvgIpc) is 2.23. The van der Waals surface area contributed by atoms with Crippen LogP contribution in [0.2, 0.25) is 0 Å². The van der Waals surface area contributed by atoms with Gasteiger partial charge in [0.05, 0.1) is 0 Å². The molecular formula is C9H3F4N. The molecule has 1 heterocycles. The van der Waals surface area contributed by atoms with Crippen LogP contribution in [0.25, 0.3) is 10.9 Å². The van der Waals surface area contributed by atoms with Crippen molar-refractivity contribution in [1.82, 2.24) is 4.98 Å². The molecule has 1 nitrogen and oxygen atoms in total. The highest BCUT2D eigenvalue weighted by molar-refractivity contribution is 5.79. The summed E-state index contributed by atoms with van der Waals surface area (Å²) in [6, 6.07) is 2.44. The topological polar surface area (TPSA) is 12.9 Å². The van der Waals surface area contributed by atoms with Crippen molar-refractivity contribution in [2.75, 3.05) is 0 Å². The summed E-state index contributed by atoms with van der Waals surface area (Å²) in [5.41, 5.74) is -0.510. The number of halogens is 4. The Morgan fingerprint density at radius 2 is 1.50 bits per heavy atom. The van der Waals surface area contributed by atoms with Crippen molar-refractivity contribution in [3.8, 4) is 0 Å². The van der Waals surface area contributed by atoms with Crippen molar-refractivity contribution < 1.29 is 17.6 Å². The Balaban J connectivity index is 3.02. The molecule has 72 valence electrons. The molecule has 1 aromatic carbocycles. The van der Waals surface area contributed by atoms with Gasteiger partial charge in [0, 0.05) is 11.6 Å². The van der Waals surface area contributed by atoms with Gasteiger partial charge in [-0.3, -0.25) is 4.98 Å². The quantitative estimate of drug-likeness (QED) is 0.363. The Morgan fingerprint density at radius 3 is 2.21 bits per heavy atom. The Kier molecular flexibility index (Phi) is 1.87. The largest absolute Gasteiger partial charge is 0.253 e. The van der Waals surface area contributed by atoms with Gasteiger partial charge < -0.3 is 0 Å². The van der Waals surface area contributed by atoms with Crippen LogP contribution in [0, 0.1) is 23.3 Å². The predicted octanol–water partition coefficient (Wildman–Crippen LogP) is 2.79. The lowest BCUT2D eigenvalue weighted by atomic mass is 10.2. The van der Waals surface area contributed by atoms with E-state index >= 15 is 0 Å². The maximum absolute atomic E-state index is 13.0. The fraction of sp³-hybridized carbons (Fsp3) is 0. The van der Waals surface area contributed by atoms with Crippen LogP contribution in [-0.4, -0.2) is 4.98 Å². The Morgan fingerprint density at radius 1 is 0.857 bits per heavy atom. The predicted molar refractivity (Wildman–Crippen MR) is 41.6 cm³/mol. The number of aromatic nitrogens is 1. The van der Waals surface area contributed by atoms with Crippen LogP contribution in [0.3, 0.4) is 0 Å². The smallest absolute Gasteiger partial charge is 0.199 e. The number of hydrogen-bond donors (Lipinski definition) is 0. The first-order valence-corrected chi connectivity index (χ1v) is 3.69. The van der Waals surface area contributed by atoms with Crippen molar-refractivity contribution in [3.63, 3.8) is 0 Å². The Bertz CT molecular complexity index is 463. The number of rotatable bonds is 0. The van der Waals surface area contributed by atoms with Gasteiger partial charge in [-0.1, -0.05) is 0 Å². The van der Waals surface area contributed by atoms with E-state index in [9.17, 15) is 17.6 Å². The summed E-state index contributed by atoms with van der Waals surface area (Å²) in [5, 5.41) is -0.371. The first-order valence-electron chi connectivity index (χ1n) is 3.69. The van der Waals surface area contributed by atoms with E-state index in [2.05, 4.69) is 4.98 Å². The van der Waals surface area contributed by atoms with Gasteiger partial charge in [-0.15, -0.1) is 0 Å². The van der Waals surface area contributed by atoms with E-state index in [0.717, 1.165) is 6.07 Å². The molecule has 0 fully saturated rings. The normalized spacial score (nSPS) is 10.9. The molecule has 2 rings (SSSR count). The fourth-order valence-electron chi connectivity index (χ4n) is 1.17. The molecule has 1 aromatic heterocycles. The molecule has 0 amide bonds. The minimum atomic E-state index is -1.84. The van der Waals surface area contributed by atoms with Crippen molar-refractivity contribution >= 4 is 10.9 Å². The standard InChI is InChI=1S/C9H3F4N/c10-5-4-2-1-3-14-9(4)8(13)7(12)6(5)11/h1-3H. The van der Waals surface area contributed by atoms with E-state index in [1.165, 1.54) is 12.3 Å². The van der Waals surface area contributed by atoms with E-state index in [4.69, 9.17) is 0 Å². The summed E-state index contributed by atoms with van der Waals surface area (Å²) >= 11 is 0. The molecule has 0 saturated carbocycles. The van der Waals surface area contributed by atoms with Crippen LogP contribution in [0.1, 0.15) is 0 Å². The van der Waals surface area contributed by atoms with Crippen molar-refractivity contribution in [2.45, 2.75) is 0 Å². The highest BCUT2D eigenvalue weighted by Crippen LogP contribution is 2.24. The summed E-state index contributed by atoms with van der Waals surface area (Å²) in [6.45, 7) is 0. The molecule has 0 aliphatic rings. The van der Waals surface area contributed by atoms with E-state index in [0.29, 0.717) is 0 Å². The van der Waals surface area contributed by atoms with Gasteiger partial charge in [0.25, 0.3) is 0 Å². The maximum atomic E-state index is 13.0. The fourth-order valence-corrected chi connectivity index (χ4v) is 1.17. The van der Waals surface area contributed by atoms with Gasteiger partial charge >= 0.3 is 0 Å². The first kappa shape index (κ1) is 8.93. The average molecular weight is 201 g/mol. The van der Waals surface area contributed by atoms with Crippen LogP contribution in [0.4, 0.5) is 17.6 Å². The SMILES string of the molecule is Fc1c(F)c(F)c2ncccc2c1F. The van der Waals surface area contributed by atoms with Gasteiger partial charge in [-0.25, -0.2) is 17.6 Å². The van der Waals surface area contributed by atoms with Crippen LogP contribution in [0.15, 0.2) is 18.3 Å². The van der Waals surface area contributed by atoms with Crippen LogP contribution < -0.4 is 0 Å². The number of hydrogen-bond acceptors (Lipinski definition) is 1. The van der Waals surface area contributed by atoms with Gasteiger partial charge in [-0.05, 0) is 12.1 Å². The molecule has 0 unspecified atom stereocenters. The molecule has 0 aliphatic heterocycles. The molecule has 2 aromatic rings. The van der Waals surface area contributed by atoms with E-state index in [-0.39, 0.29) is 5.39 Å². The van der Waals surface area contributed by atoms with Gasteiger partial charge in [0.2, 0.25) is 0 Å². The van der Waals surface area contributed by atoms with Crippen molar-refractivity contribution in [2.24, 2.45) is 0 Å². The number of benzene rings is 1. The van der Waals surface area contributed by atoms with Crippen molar-refractivity contribution in [1.29, 1.82) is 0 Å². The molecule has 14 heavy (non-hydrogen) atoms. The Labute approximate surface area is 76.0 Å². The number of nitrogens with zero attached hydrogens (tertiary/aromatic N) is 1. The summed E-state index contributed by atoms with van der Waals surface area (Å²) in [4.78, 5) is 3.42. The summed E-state index contributed by atoms with van der Waals surface area (Å²) in [6.07, 6.45) is 1.17. The third-order valence-corrected chi connectivity index (χ3v) is 1.83. The summed E-state index contributed by atoms with van der Waals surface area (Å²) < 4.78 is 51.4. The first-order chi connectivity index (χ1) is 6.63. The zero-order valence-corrected chi connectivity index (χ0v) is 6.69. The zero-order chi connectivity index (χ0) is 10.3. The van der Waals surface area contributed by atoms with Crippen LogP contribution >= 0.6 is 0 Å². The Hall–Kier alpha value is -1.65. The highest BCUT2D eigenvalue weighted by Gasteiger charge is 2.20. The highest BCUT2D eigenvalue weighted by atomic mass is 19.2. The lowest BCUT2D eigenvalue weighted by Gasteiger charge is -2.02. The molecule has 0 spiro atoms. The molecule has 0 radical (unpaired) electrons. The number of pyridine rings is 1. The monoisotopic (exact) mass is 201 g/mol. The van der Waals surface area contributed by atoms with Gasteiger partial charge in [-0.2, -0.15) is 0 Å². The summed E-state index contributed by atoms with van der Waals surface area (Å²) in [7, 11) is 0. The maximum Gasteiger partial charge on any atom is 0.199 e. The zero-order valence-electron chi connectivity index (χ0n) is 6.69. The third-order valence-electron chi connectivity index (χ3n) is 1.83. The van der Waals surface area contributed by atoms with Crippen molar-refractivity contribution in [3.05, 3.63) is 41.6 Å². The number of fused-ring (bicyclic) bond motifs is 1. The van der Waals surface area contributed by atoms with E-state index in [1.54, 1.807) is 0 Å². The second kappa shape index (κ2) is 2.94. The van der Waals surface area contributed by atoms with E-state index < -0.39 is 28.8 Å². The van der Waals surface area contributed by atoms with Crippen LogP contribution in [0.5, 0.6) is 0 Å². The lowest BCUT2D eigenvalue weighted by molar-refractivity contribution is 0.417. The second-order valence-corrected chi connectivity index (χ2v) is 2.66. The lowest BCUT2D eigenvalue weighted by Crippen LogP contribution is -1.98. The summed E-state index contributed by atoms with van der Waals surface area (Å²) in [5.74, 6) is -6.55. The minimum absolute atomic E-state index is 0.371. The van der Waals surface area contributed by atoms with Crippen LogP contribution in [-0.2, 0) is 0 Å². The van der Waals surface area contributed by atoms with E-state index in [1.807, 2.05) is 0 Å². The molecule has 0 atom stereocenters. The van der Waals surface area contributed by atoms with Gasteiger partial charge in [0.1, 0.15) is 5.52 Å². The third kappa shape index (κ3) is 1.05. The molecule has 0 aliphatic carbocycles.